The highest BCUT2D eigenvalue weighted by atomic mass is 14.7. The minimum atomic E-state index is -0.153. The lowest BCUT2D eigenvalue weighted by atomic mass is 9.64. The Morgan fingerprint density at radius 1 is 0.743 bits per heavy atom. The molecular weight excluding hydrogens is 422 g/mol. The Kier molecular flexibility index (Phi) is 4.97. The SMILES string of the molecule is CCC(C)C1(c2ccc3[nH]c4ccc(C(C)(C)CC)cc4c3c2)c2ccccc2-c2ccccc21. The summed E-state index contributed by atoms with van der Waals surface area (Å²) in [6, 6.07) is 32.3. The Morgan fingerprint density at radius 3 is 1.91 bits per heavy atom. The molecule has 35 heavy (non-hydrogen) atoms. The maximum atomic E-state index is 3.69. The molecule has 6 rings (SSSR count). The van der Waals surface area contributed by atoms with Gasteiger partial charge in [0, 0.05) is 27.2 Å². The van der Waals surface area contributed by atoms with E-state index >= 15 is 0 Å². The summed E-state index contributed by atoms with van der Waals surface area (Å²) >= 11 is 0. The van der Waals surface area contributed by atoms with Crippen LogP contribution in [0.1, 0.15) is 69.7 Å². The summed E-state index contributed by atoms with van der Waals surface area (Å²) in [6.07, 6.45) is 2.24. The summed E-state index contributed by atoms with van der Waals surface area (Å²) in [7, 11) is 0. The number of nitrogens with one attached hydrogen (secondary N) is 1. The Labute approximate surface area is 209 Å². The molecule has 5 aromatic rings. The minimum absolute atomic E-state index is 0.153. The van der Waals surface area contributed by atoms with Crippen LogP contribution in [0, 0.1) is 5.92 Å². The molecule has 1 aliphatic carbocycles. The van der Waals surface area contributed by atoms with E-state index in [1.165, 1.54) is 55.2 Å². The summed E-state index contributed by atoms with van der Waals surface area (Å²) in [5.41, 5.74) is 10.9. The molecule has 1 N–H and O–H groups in total. The number of fused-ring (bicyclic) bond motifs is 6. The van der Waals surface area contributed by atoms with Gasteiger partial charge in [-0.2, -0.15) is 0 Å². The van der Waals surface area contributed by atoms with E-state index in [2.05, 4.69) is 125 Å². The van der Waals surface area contributed by atoms with E-state index in [9.17, 15) is 0 Å². The number of aromatic amines is 1. The van der Waals surface area contributed by atoms with Crippen LogP contribution in [0.3, 0.4) is 0 Å². The first kappa shape index (κ1) is 22.2. The van der Waals surface area contributed by atoms with Gasteiger partial charge in [-0.25, -0.2) is 0 Å². The summed E-state index contributed by atoms with van der Waals surface area (Å²) in [5, 5.41) is 2.66. The van der Waals surface area contributed by atoms with Crippen LogP contribution < -0.4 is 0 Å². The average molecular weight is 458 g/mol. The highest BCUT2D eigenvalue weighted by Gasteiger charge is 2.47. The zero-order valence-corrected chi connectivity index (χ0v) is 21.6. The smallest absolute Gasteiger partial charge is 0.0489 e. The Morgan fingerprint density at radius 2 is 1.31 bits per heavy atom. The summed E-state index contributed by atoms with van der Waals surface area (Å²) in [4.78, 5) is 3.69. The van der Waals surface area contributed by atoms with E-state index in [1.807, 2.05) is 0 Å². The standard InChI is InChI=1S/C34H35N/c1-6-22(3)34(29-14-10-8-12-25(29)26-13-9-11-15-30(26)34)24-17-19-32-28(21-24)27-20-23(33(4,5)7-2)16-18-31(27)35-32/h8-22,35H,6-7H2,1-5H3. The molecule has 0 amide bonds. The lowest BCUT2D eigenvalue weighted by molar-refractivity contribution is 0.400. The van der Waals surface area contributed by atoms with Gasteiger partial charge in [0.25, 0.3) is 0 Å². The number of hydrogen-bond donors (Lipinski definition) is 1. The second-order valence-electron chi connectivity index (χ2n) is 11.1. The van der Waals surface area contributed by atoms with Crippen LogP contribution in [-0.2, 0) is 10.8 Å². The van der Waals surface area contributed by atoms with Crippen molar-refractivity contribution in [1.82, 2.24) is 4.98 Å². The molecule has 1 heteroatoms. The fraction of sp³-hybridized carbons (Fsp3) is 0.294. The normalized spacial score (nSPS) is 15.3. The van der Waals surface area contributed by atoms with Gasteiger partial charge in [-0.3, -0.25) is 0 Å². The van der Waals surface area contributed by atoms with Crippen LogP contribution >= 0.6 is 0 Å². The van der Waals surface area contributed by atoms with Crippen LogP contribution in [-0.4, -0.2) is 4.98 Å². The van der Waals surface area contributed by atoms with Crippen LogP contribution in [0.5, 0.6) is 0 Å². The van der Waals surface area contributed by atoms with Gasteiger partial charge in [-0.1, -0.05) is 102 Å². The van der Waals surface area contributed by atoms with Crippen molar-refractivity contribution in [3.8, 4) is 11.1 Å². The van der Waals surface area contributed by atoms with Gasteiger partial charge in [0.2, 0.25) is 0 Å². The summed E-state index contributed by atoms with van der Waals surface area (Å²) in [5.74, 6) is 0.463. The maximum absolute atomic E-state index is 3.69. The van der Waals surface area contributed by atoms with Gasteiger partial charge < -0.3 is 4.98 Å². The van der Waals surface area contributed by atoms with Gasteiger partial charge in [0.05, 0.1) is 0 Å². The molecule has 1 unspecified atom stereocenters. The molecule has 0 fully saturated rings. The Hall–Kier alpha value is -3.32. The average Bonchev–Trinajstić information content (AvgIpc) is 3.41. The minimum Gasteiger partial charge on any atom is -0.355 e. The van der Waals surface area contributed by atoms with Crippen molar-refractivity contribution in [1.29, 1.82) is 0 Å². The molecule has 1 heterocycles. The van der Waals surface area contributed by atoms with Crippen molar-refractivity contribution in [3.63, 3.8) is 0 Å². The van der Waals surface area contributed by atoms with Crippen LogP contribution in [0.2, 0.25) is 0 Å². The molecule has 1 nitrogen and oxygen atoms in total. The summed E-state index contributed by atoms with van der Waals surface area (Å²) in [6.45, 7) is 11.7. The fourth-order valence-corrected chi connectivity index (χ4v) is 6.47. The first-order valence-electron chi connectivity index (χ1n) is 13.2. The molecule has 4 aromatic carbocycles. The van der Waals surface area contributed by atoms with E-state index in [1.54, 1.807) is 0 Å². The topological polar surface area (TPSA) is 15.8 Å². The number of H-pyrrole nitrogens is 1. The number of benzene rings is 4. The van der Waals surface area contributed by atoms with Gasteiger partial charge >= 0.3 is 0 Å². The van der Waals surface area contributed by atoms with Crippen molar-refractivity contribution in [2.24, 2.45) is 5.92 Å². The summed E-state index contributed by atoms with van der Waals surface area (Å²) < 4.78 is 0. The molecule has 0 saturated heterocycles. The molecule has 176 valence electrons. The zero-order valence-electron chi connectivity index (χ0n) is 21.6. The van der Waals surface area contributed by atoms with Crippen LogP contribution in [0.25, 0.3) is 32.9 Å². The fourth-order valence-electron chi connectivity index (χ4n) is 6.47. The third-order valence-electron chi connectivity index (χ3n) is 9.06. The molecular formula is C34H35N. The lowest BCUT2D eigenvalue weighted by Gasteiger charge is -2.38. The van der Waals surface area contributed by atoms with Gasteiger partial charge in [0.15, 0.2) is 0 Å². The molecule has 1 aliphatic rings. The molecule has 0 bridgehead atoms. The number of hydrogen-bond acceptors (Lipinski definition) is 0. The third kappa shape index (κ3) is 3.00. The molecule has 0 spiro atoms. The highest BCUT2D eigenvalue weighted by molar-refractivity contribution is 6.08. The molecule has 0 saturated carbocycles. The van der Waals surface area contributed by atoms with Crippen molar-refractivity contribution >= 4 is 21.8 Å². The van der Waals surface area contributed by atoms with E-state index in [-0.39, 0.29) is 10.8 Å². The molecule has 0 aliphatic heterocycles. The van der Waals surface area contributed by atoms with E-state index in [4.69, 9.17) is 0 Å². The second kappa shape index (κ2) is 7.85. The second-order valence-corrected chi connectivity index (χ2v) is 11.1. The van der Waals surface area contributed by atoms with E-state index in [0.717, 1.165) is 12.8 Å². The van der Waals surface area contributed by atoms with E-state index in [0.29, 0.717) is 5.92 Å². The Bertz CT molecular complexity index is 1520. The maximum Gasteiger partial charge on any atom is 0.0489 e. The van der Waals surface area contributed by atoms with Gasteiger partial charge in [-0.05, 0) is 75.4 Å². The predicted molar refractivity (Wildman–Crippen MR) is 150 cm³/mol. The van der Waals surface area contributed by atoms with Crippen molar-refractivity contribution in [3.05, 3.63) is 107 Å². The molecule has 1 atom stereocenters. The quantitative estimate of drug-likeness (QED) is 0.270. The first-order chi connectivity index (χ1) is 16.9. The van der Waals surface area contributed by atoms with Crippen molar-refractivity contribution in [2.45, 2.75) is 58.3 Å². The Balaban J connectivity index is 1.67. The van der Waals surface area contributed by atoms with Gasteiger partial charge in [0.1, 0.15) is 0 Å². The monoisotopic (exact) mass is 457 g/mol. The third-order valence-corrected chi connectivity index (χ3v) is 9.06. The lowest BCUT2D eigenvalue weighted by Crippen LogP contribution is -2.34. The molecule has 1 aromatic heterocycles. The number of rotatable bonds is 5. The van der Waals surface area contributed by atoms with Crippen LogP contribution in [0.4, 0.5) is 0 Å². The zero-order chi connectivity index (χ0) is 24.4. The predicted octanol–water partition coefficient (Wildman–Crippen LogP) is 9.37. The largest absolute Gasteiger partial charge is 0.355 e. The van der Waals surface area contributed by atoms with Crippen molar-refractivity contribution < 1.29 is 0 Å². The van der Waals surface area contributed by atoms with Crippen LogP contribution in [0.15, 0.2) is 84.9 Å². The van der Waals surface area contributed by atoms with Crippen molar-refractivity contribution in [2.75, 3.05) is 0 Å². The highest BCUT2D eigenvalue weighted by Crippen LogP contribution is 2.57. The van der Waals surface area contributed by atoms with E-state index < -0.39 is 0 Å². The van der Waals surface area contributed by atoms with Gasteiger partial charge in [-0.15, -0.1) is 0 Å². The first-order valence-corrected chi connectivity index (χ1v) is 13.2. The molecule has 0 radical (unpaired) electrons. The number of aromatic nitrogens is 1.